The number of aromatic nitrogens is 3. The Morgan fingerprint density at radius 1 is 1.50 bits per heavy atom. The molecule has 2 rings (SSSR count). The van der Waals surface area contributed by atoms with Crippen LogP contribution in [0.2, 0.25) is 0 Å². The first-order valence-corrected chi connectivity index (χ1v) is 4.64. The van der Waals surface area contributed by atoms with Crippen molar-refractivity contribution in [1.82, 2.24) is 15.0 Å². The standard InChI is InChI=1S/C11H10N3O.Li/c1-3-11(15-4-2)14-10-8-6-5-7-9(10)12-13-14;/h1,5-8H,4H2,2H3;/q-1;+1. The molecule has 0 atom stereocenters. The average Bonchev–Trinajstić information content (AvgIpc) is 2.70. The molecule has 0 saturated heterocycles. The van der Waals surface area contributed by atoms with Crippen molar-refractivity contribution < 1.29 is 23.6 Å². The summed E-state index contributed by atoms with van der Waals surface area (Å²) in [5.41, 5.74) is 1.64. The van der Waals surface area contributed by atoms with Crippen LogP contribution in [0.25, 0.3) is 11.0 Å². The molecular formula is C11H10LiN3O. The van der Waals surface area contributed by atoms with E-state index in [1.807, 2.05) is 31.2 Å². The van der Waals surface area contributed by atoms with E-state index >= 15 is 0 Å². The fourth-order valence-corrected chi connectivity index (χ4v) is 1.32. The predicted octanol–water partition coefficient (Wildman–Crippen LogP) is -1.56. The molecule has 0 spiro atoms. The molecule has 0 radical (unpaired) electrons. The van der Waals surface area contributed by atoms with Gasteiger partial charge < -0.3 is 4.74 Å². The van der Waals surface area contributed by atoms with Crippen molar-refractivity contribution in [3.8, 4) is 12.3 Å². The number of benzene rings is 1. The minimum atomic E-state index is 0. The number of hydrogen-bond donors (Lipinski definition) is 0. The van der Waals surface area contributed by atoms with Gasteiger partial charge in [-0.25, -0.2) is 0 Å². The van der Waals surface area contributed by atoms with Gasteiger partial charge in [0.05, 0.1) is 5.52 Å². The second kappa shape index (κ2) is 5.63. The minimum Gasteiger partial charge on any atom is -0.383 e. The van der Waals surface area contributed by atoms with Crippen LogP contribution in [0.3, 0.4) is 0 Å². The maximum Gasteiger partial charge on any atom is 1.00 e. The first kappa shape index (κ1) is 12.7. The molecule has 76 valence electrons. The van der Waals surface area contributed by atoms with Gasteiger partial charge in [0.15, 0.2) is 0 Å². The Labute approximate surface area is 106 Å². The number of ether oxygens (including phenoxy) is 1. The van der Waals surface area contributed by atoms with E-state index in [-0.39, 0.29) is 18.9 Å². The van der Waals surface area contributed by atoms with Crippen LogP contribution in [0.4, 0.5) is 0 Å². The summed E-state index contributed by atoms with van der Waals surface area (Å²) in [6.45, 7) is 2.38. The quantitative estimate of drug-likeness (QED) is 0.347. The first-order chi connectivity index (χ1) is 7.36. The average molecular weight is 207 g/mol. The Morgan fingerprint density at radius 2 is 2.25 bits per heavy atom. The van der Waals surface area contributed by atoms with Crippen molar-refractivity contribution in [2.75, 3.05) is 6.61 Å². The number of fused-ring (bicyclic) bond motifs is 1. The van der Waals surface area contributed by atoms with Crippen LogP contribution in [0.5, 0.6) is 0 Å². The van der Waals surface area contributed by atoms with Crippen LogP contribution in [-0.2, 0) is 4.74 Å². The van der Waals surface area contributed by atoms with Gasteiger partial charge in [-0.2, -0.15) is 5.92 Å². The number of para-hydroxylation sites is 1. The molecule has 1 heterocycles. The molecule has 0 saturated carbocycles. The summed E-state index contributed by atoms with van der Waals surface area (Å²) >= 11 is 0. The van der Waals surface area contributed by atoms with Gasteiger partial charge in [0, 0.05) is 6.61 Å². The van der Waals surface area contributed by atoms with Crippen molar-refractivity contribution in [3.05, 3.63) is 30.5 Å². The summed E-state index contributed by atoms with van der Waals surface area (Å²) in [5.74, 6) is 2.45. The van der Waals surface area contributed by atoms with Crippen LogP contribution < -0.4 is 18.9 Å². The van der Waals surface area contributed by atoms with Crippen molar-refractivity contribution in [3.63, 3.8) is 0 Å². The molecule has 5 heteroatoms. The van der Waals surface area contributed by atoms with Gasteiger partial charge in [-0.1, -0.05) is 23.4 Å². The van der Waals surface area contributed by atoms with Gasteiger partial charge in [-0.3, -0.25) is 11.1 Å². The van der Waals surface area contributed by atoms with Crippen LogP contribution in [0.15, 0.2) is 24.3 Å². The molecule has 2 aromatic rings. The van der Waals surface area contributed by atoms with E-state index in [1.54, 1.807) is 0 Å². The SMILES string of the molecule is C#C[C-](OCC)n1nnc2ccccc21.[Li+]. The van der Waals surface area contributed by atoms with Gasteiger partial charge in [-0.15, -0.1) is 5.10 Å². The third-order valence-corrected chi connectivity index (χ3v) is 1.95. The summed E-state index contributed by atoms with van der Waals surface area (Å²) in [4.78, 5) is 0. The van der Waals surface area contributed by atoms with Crippen LogP contribution >= 0.6 is 0 Å². The summed E-state index contributed by atoms with van der Waals surface area (Å²) in [6.07, 6.45) is 5.71. The zero-order valence-electron chi connectivity index (χ0n) is 9.34. The Bertz CT molecular complexity index is 503. The van der Waals surface area contributed by atoms with E-state index in [0.717, 1.165) is 11.0 Å². The largest absolute Gasteiger partial charge is 1.00 e. The molecule has 0 bridgehead atoms. The maximum absolute atomic E-state index is 5.34. The molecule has 0 fully saturated rings. The fourth-order valence-electron chi connectivity index (χ4n) is 1.32. The Balaban J connectivity index is 0.00000128. The van der Waals surface area contributed by atoms with Gasteiger partial charge >= 0.3 is 18.9 Å². The molecule has 0 aliphatic heterocycles. The van der Waals surface area contributed by atoms with E-state index < -0.39 is 0 Å². The predicted molar refractivity (Wildman–Crippen MR) is 56.6 cm³/mol. The van der Waals surface area contributed by atoms with Crippen LogP contribution in [0, 0.1) is 18.6 Å². The van der Waals surface area contributed by atoms with Gasteiger partial charge in [0.1, 0.15) is 6.23 Å². The molecule has 0 aliphatic carbocycles. The van der Waals surface area contributed by atoms with Gasteiger partial charge in [0.25, 0.3) is 0 Å². The van der Waals surface area contributed by atoms with E-state index in [4.69, 9.17) is 11.2 Å². The summed E-state index contributed by atoms with van der Waals surface area (Å²) in [5, 5.41) is 7.93. The van der Waals surface area contributed by atoms with Crippen molar-refractivity contribution >= 4 is 11.0 Å². The maximum atomic E-state index is 5.34. The zero-order valence-corrected chi connectivity index (χ0v) is 9.34. The summed E-state index contributed by atoms with van der Waals surface area (Å²) in [6, 6.07) is 7.57. The monoisotopic (exact) mass is 207 g/mol. The number of hydrogen-bond acceptors (Lipinski definition) is 3. The summed E-state index contributed by atoms with van der Waals surface area (Å²) < 4.78 is 6.81. The fraction of sp³-hybridized carbons (Fsp3) is 0.182. The molecule has 16 heavy (non-hydrogen) atoms. The summed E-state index contributed by atoms with van der Waals surface area (Å²) in [7, 11) is 0. The third kappa shape index (κ3) is 2.23. The molecule has 0 unspecified atom stereocenters. The van der Waals surface area contributed by atoms with Crippen molar-refractivity contribution in [2.24, 2.45) is 0 Å². The first-order valence-electron chi connectivity index (χ1n) is 4.64. The van der Waals surface area contributed by atoms with Crippen LogP contribution in [0.1, 0.15) is 6.92 Å². The topological polar surface area (TPSA) is 39.9 Å². The number of terminal acetylenes is 1. The molecule has 1 aromatic heterocycles. The van der Waals surface area contributed by atoms with Crippen molar-refractivity contribution in [1.29, 1.82) is 0 Å². The van der Waals surface area contributed by atoms with Gasteiger partial charge in [0.2, 0.25) is 0 Å². The van der Waals surface area contributed by atoms with E-state index in [9.17, 15) is 0 Å². The van der Waals surface area contributed by atoms with Gasteiger partial charge in [-0.05, 0) is 18.5 Å². The molecule has 0 N–H and O–H groups in total. The zero-order chi connectivity index (χ0) is 10.7. The molecule has 0 amide bonds. The minimum absolute atomic E-state index is 0. The number of nitrogens with zero attached hydrogens (tertiary/aromatic N) is 3. The van der Waals surface area contributed by atoms with E-state index in [1.165, 1.54) is 4.68 Å². The second-order valence-corrected chi connectivity index (χ2v) is 2.87. The smallest absolute Gasteiger partial charge is 0.383 e. The van der Waals surface area contributed by atoms with E-state index in [2.05, 4.69) is 16.2 Å². The second-order valence-electron chi connectivity index (χ2n) is 2.87. The molecule has 0 aliphatic rings. The Kier molecular flexibility index (Phi) is 4.46. The molecule has 4 nitrogen and oxygen atoms in total. The Hall–Kier alpha value is -1.39. The van der Waals surface area contributed by atoms with E-state index in [0.29, 0.717) is 12.8 Å². The third-order valence-electron chi connectivity index (χ3n) is 1.95. The molecule has 1 aromatic carbocycles. The molecular weight excluding hydrogens is 197 g/mol. The Morgan fingerprint density at radius 3 is 2.94 bits per heavy atom. The van der Waals surface area contributed by atoms with Crippen LogP contribution in [-0.4, -0.2) is 21.6 Å². The normalized spacial score (nSPS) is 9.50. The van der Waals surface area contributed by atoms with Crippen molar-refractivity contribution in [2.45, 2.75) is 6.92 Å². The number of rotatable bonds is 3.